The summed E-state index contributed by atoms with van der Waals surface area (Å²) < 4.78 is 1.78. The number of nitrogens with zero attached hydrogens (tertiary/aromatic N) is 3. The average molecular weight is 365 g/mol. The van der Waals surface area contributed by atoms with Gasteiger partial charge in [-0.3, -0.25) is 9.59 Å². The second-order valence-electron chi connectivity index (χ2n) is 6.94. The molecule has 27 heavy (non-hydrogen) atoms. The van der Waals surface area contributed by atoms with Crippen molar-refractivity contribution in [2.75, 3.05) is 0 Å². The van der Waals surface area contributed by atoms with Gasteiger partial charge in [0.15, 0.2) is 5.65 Å². The summed E-state index contributed by atoms with van der Waals surface area (Å²) >= 11 is 0. The van der Waals surface area contributed by atoms with Gasteiger partial charge in [0, 0.05) is 11.6 Å². The fourth-order valence-corrected chi connectivity index (χ4v) is 2.80. The van der Waals surface area contributed by atoms with E-state index in [2.05, 4.69) is 10.4 Å². The van der Waals surface area contributed by atoms with Crippen molar-refractivity contribution in [2.45, 2.75) is 39.8 Å². The topological polar surface area (TPSA) is 103 Å². The first-order chi connectivity index (χ1) is 12.8. The summed E-state index contributed by atoms with van der Waals surface area (Å²) in [4.78, 5) is 28.9. The van der Waals surface area contributed by atoms with E-state index in [1.54, 1.807) is 23.9 Å². The molecule has 1 unspecified atom stereocenters. The second kappa shape index (κ2) is 7.19. The first-order valence-electron chi connectivity index (χ1n) is 8.83. The third-order valence-electron chi connectivity index (χ3n) is 4.42. The summed E-state index contributed by atoms with van der Waals surface area (Å²) in [6, 6.07) is 8.96. The van der Waals surface area contributed by atoms with Crippen LogP contribution in [0.1, 0.15) is 42.7 Å². The van der Waals surface area contributed by atoms with Gasteiger partial charge in [0.05, 0.1) is 22.8 Å². The van der Waals surface area contributed by atoms with E-state index in [1.165, 1.54) is 0 Å². The molecule has 1 aromatic carbocycles. The average Bonchev–Trinajstić information content (AvgIpc) is 3.05. The molecule has 3 N–H and O–H groups in total. The number of aromatic nitrogens is 3. The Kier molecular flexibility index (Phi) is 4.94. The highest BCUT2D eigenvalue weighted by Gasteiger charge is 2.20. The number of nitrogens with two attached hydrogens (primary N) is 1. The zero-order chi connectivity index (χ0) is 19.7. The number of primary amides is 1. The summed E-state index contributed by atoms with van der Waals surface area (Å²) in [6.45, 7) is 7.57. The second-order valence-corrected chi connectivity index (χ2v) is 6.94. The molecule has 1 atom stereocenters. The lowest BCUT2D eigenvalue weighted by atomic mass is 10.0. The van der Waals surface area contributed by atoms with Crippen molar-refractivity contribution >= 4 is 22.8 Å². The molecule has 0 aliphatic rings. The Morgan fingerprint density at radius 2 is 1.81 bits per heavy atom. The van der Waals surface area contributed by atoms with Crippen molar-refractivity contribution in [3.8, 4) is 11.3 Å². The number of pyridine rings is 1. The van der Waals surface area contributed by atoms with Crippen LogP contribution in [0.4, 0.5) is 0 Å². The largest absolute Gasteiger partial charge is 0.368 e. The van der Waals surface area contributed by atoms with Crippen LogP contribution in [0.3, 0.4) is 0 Å². The van der Waals surface area contributed by atoms with Gasteiger partial charge in [0.1, 0.15) is 6.04 Å². The number of carbonyl (C=O) groups is 2. The predicted molar refractivity (Wildman–Crippen MR) is 104 cm³/mol. The fraction of sp³-hybridized carbons (Fsp3) is 0.300. The quantitative estimate of drug-likeness (QED) is 0.725. The molecule has 0 bridgehead atoms. The van der Waals surface area contributed by atoms with Crippen LogP contribution in [0.15, 0.2) is 36.5 Å². The maximum Gasteiger partial charge on any atom is 0.252 e. The van der Waals surface area contributed by atoms with Gasteiger partial charge >= 0.3 is 0 Å². The molecule has 2 amide bonds. The van der Waals surface area contributed by atoms with Gasteiger partial charge < -0.3 is 11.1 Å². The van der Waals surface area contributed by atoms with Gasteiger partial charge in [-0.15, -0.1) is 0 Å². The number of hydrogen-bond acceptors (Lipinski definition) is 4. The maximum atomic E-state index is 12.8. The van der Waals surface area contributed by atoms with Gasteiger partial charge in [-0.25, -0.2) is 9.67 Å². The van der Waals surface area contributed by atoms with Gasteiger partial charge in [-0.2, -0.15) is 5.10 Å². The lowest BCUT2D eigenvalue weighted by Gasteiger charge is -2.13. The number of benzene rings is 1. The molecule has 0 saturated heterocycles. The maximum absolute atomic E-state index is 12.8. The van der Waals surface area contributed by atoms with Gasteiger partial charge in [-0.1, -0.05) is 29.8 Å². The van der Waals surface area contributed by atoms with Crippen LogP contribution in [0, 0.1) is 6.92 Å². The van der Waals surface area contributed by atoms with Crippen LogP contribution in [0.25, 0.3) is 22.3 Å². The Morgan fingerprint density at radius 1 is 1.15 bits per heavy atom. The molecular formula is C20H23N5O2. The number of nitrogens with one attached hydrogen (secondary N) is 1. The molecular weight excluding hydrogens is 342 g/mol. The summed E-state index contributed by atoms with van der Waals surface area (Å²) in [5.41, 5.74) is 9.02. The Hall–Kier alpha value is -3.22. The highest BCUT2D eigenvalue weighted by molar-refractivity contribution is 6.07. The molecule has 3 rings (SSSR count). The van der Waals surface area contributed by atoms with Crippen molar-refractivity contribution in [3.63, 3.8) is 0 Å². The molecule has 0 aliphatic heterocycles. The minimum absolute atomic E-state index is 0.0868. The standard InChI is InChI=1S/C20H23N5O2/c1-11(2)25-19-16(10-22-25)15(20(27)23-13(4)18(21)26)9-17(24-19)14-7-5-12(3)6-8-14/h5-11,13H,1-4H3,(H2,21,26)(H,23,27). The lowest BCUT2D eigenvalue weighted by molar-refractivity contribution is -0.119. The number of hydrogen-bond donors (Lipinski definition) is 2. The van der Waals surface area contributed by atoms with Crippen molar-refractivity contribution < 1.29 is 9.59 Å². The van der Waals surface area contributed by atoms with E-state index in [0.29, 0.717) is 22.3 Å². The highest BCUT2D eigenvalue weighted by Crippen LogP contribution is 2.26. The SMILES string of the molecule is Cc1ccc(-c2cc(C(=O)NC(C)C(N)=O)c3cnn(C(C)C)c3n2)cc1. The molecule has 0 aliphatic carbocycles. The van der Waals surface area contributed by atoms with Crippen LogP contribution < -0.4 is 11.1 Å². The number of fused-ring (bicyclic) bond motifs is 1. The molecule has 7 heteroatoms. The molecule has 0 spiro atoms. The van der Waals surface area contributed by atoms with Crippen molar-refractivity contribution in [1.82, 2.24) is 20.1 Å². The Morgan fingerprint density at radius 3 is 2.41 bits per heavy atom. The predicted octanol–water partition coefficient (Wildman–Crippen LogP) is 2.59. The van der Waals surface area contributed by atoms with Gasteiger partial charge in [0.25, 0.3) is 5.91 Å². The zero-order valence-electron chi connectivity index (χ0n) is 15.9. The molecule has 0 fully saturated rings. The Bertz CT molecular complexity index is 1010. The van der Waals surface area contributed by atoms with Gasteiger partial charge in [-0.05, 0) is 33.8 Å². The summed E-state index contributed by atoms with van der Waals surface area (Å²) in [7, 11) is 0. The summed E-state index contributed by atoms with van der Waals surface area (Å²) in [6.07, 6.45) is 1.63. The highest BCUT2D eigenvalue weighted by atomic mass is 16.2. The third-order valence-corrected chi connectivity index (χ3v) is 4.42. The molecule has 2 aromatic heterocycles. The monoisotopic (exact) mass is 365 g/mol. The zero-order valence-corrected chi connectivity index (χ0v) is 15.9. The molecule has 2 heterocycles. The minimum Gasteiger partial charge on any atom is -0.368 e. The number of carbonyl (C=O) groups excluding carboxylic acids is 2. The van der Waals surface area contributed by atoms with Crippen molar-refractivity contribution in [2.24, 2.45) is 5.73 Å². The molecule has 7 nitrogen and oxygen atoms in total. The van der Waals surface area contributed by atoms with E-state index in [4.69, 9.17) is 10.7 Å². The molecule has 140 valence electrons. The summed E-state index contributed by atoms with van der Waals surface area (Å²) in [5.74, 6) is -0.976. The first-order valence-corrected chi connectivity index (χ1v) is 8.83. The fourth-order valence-electron chi connectivity index (χ4n) is 2.80. The van der Waals surface area contributed by atoms with Gasteiger partial charge in [0.2, 0.25) is 5.91 Å². The summed E-state index contributed by atoms with van der Waals surface area (Å²) in [5, 5.41) is 7.65. The first kappa shape index (κ1) is 18.6. The van der Waals surface area contributed by atoms with Crippen molar-refractivity contribution in [3.05, 3.63) is 47.7 Å². The van der Waals surface area contributed by atoms with E-state index in [-0.39, 0.29) is 11.9 Å². The Labute approximate surface area is 157 Å². The molecule has 0 radical (unpaired) electrons. The van der Waals surface area contributed by atoms with Crippen LogP contribution in [-0.2, 0) is 4.79 Å². The third kappa shape index (κ3) is 3.67. The van der Waals surface area contributed by atoms with Crippen molar-refractivity contribution in [1.29, 1.82) is 0 Å². The van der Waals surface area contributed by atoms with E-state index in [1.807, 2.05) is 45.0 Å². The normalized spacial score (nSPS) is 12.3. The number of amides is 2. The molecule has 0 saturated carbocycles. The van der Waals surface area contributed by atoms with E-state index >= 15 is 0 Å². The van der Waals surface area contributed by atoms with E-state index in [0.717, 1.165) is 11.1 Å². The van der Waals surface area contributed by atoms with Crippen LogP contribution in [0.2, 0.25) is 0 Å². The number of aryl methyl sites for hydroxylation is 1. The molecule has 3 aromatic rings. The van der Waals surface area contributed by atoms with E-state index < -0.39 is 11.9 Å². The smallest absolute Gasteiger partial charge is 0.252 e. The Balaban J connectivity index is 2.17. The van der Waals surface area contributed by atoms with Crippen LogP contribution in [-0.4, -0.2) is 32.6 Å². The van der Waals surface area contributed by atoms with E-state index in [9.17, 15) is 9.59 Å². The minimum atomic E-state index is -0.774. The van der Waals surface area contributed by atoms with Crippen LogP contribution >= 0.6 is 0 Å². The lowest BCUT2D eigenvalue weighted by Crippen LogP contribution is -2.42. The van der Waals surface area contributed by atoms with Crippen LogP contribution in [0.5, 0.6) is 0 Å². The number of rotatable bonds is 5.